The Balaban J connectivity index is 2.59. The van der Waals surface area contributed by atoms with Gasteiger partial charge in [-0.2, -0.15) is 0 Å². The van der Waals surface area contributed by atoms with Gasteiger partial charge in [0, 0.05) is 12.6 Å². The summed E-state index contributed by atoms with van der Waals surface area (Å²) in [7, 11) is 0. The molecular weight excluding hydrogens is 240 g/mol. The van der Waals surface area contributed by atoms with E-state index >= 15 is 0 Å². The van der Waals surface area contributed by atoms with Crippen LogP contribution >= 0.6 is 12.2 Å². The number of nitrogens with one attached hydrogen (secondary N) is 2. The van der Waals surface area contributed by atoms with Crippen LogP contribution in [0.1, 0.15) is 12.5 Å². The molecule has 0 saturated carbocycles. The van der Waals surface area contributed by atoms with E-state index in [9.17, 15) is 9.59 Å². The number of rotatable bonds is 3. The maximum Gasteiger partial charge on any atom is 0.307 e. The fraction of sp³-hybridized carbons (Fsp3) is 0.182. The molecule has 1 rings (SSSR count). The smallest absolute Gasteiger partial charge is 0.307 e. The Bertz CT molecular complexity index is 443. The van der Waals surface area contributed by atoms with E-state index in [0.717, 1.165) is 0 Å². The van der Waals surface area contributed by atoms with Crippen LogP contribution in [0, 0.1) is 0 Å². The lowest BCUT2D eigenvalue weighted by molar-refractivity contribution is -0.136. The van der Waals surface area contributed by atoms with Crippen LogP contribution in [-0.2, 0) is 16.0 Å². The lowest BCUT2D eigenvalue weighted by Crippen LogP contribution is -2.32. The minimum absolute atomic E-state index is 0.0174. The van der Waals surface area contributed by atoms with Crippen LogP contribution in [-0.4, -0.2) is 22.1 Å². The molecule has 0 saturated heterocycles. The molecule has 0 atom stereocenters. The number of carbonyl (C=O) groups is 2. The van der Waals surface area contributed by atoms with Gasteiger partial charge >= 0.3 is 5.97 Å². The van der Waals surface area contributed by atoms with E-state index in [4.69, 9.17) is 17.3 Å². The number of amides is 1. The largest absolute Gasteiger partial charge is 0.481 e. The van der Waals surface area contributed by atoms with Crippen molar-refractivity contribution < 1.29 is 14.7 Å². The predicted molar refractivity (Wildman–Crippen MR) is 67.8 cm³/mol. The van der Waals surface area contributed by atoms with Crippen LogP contribution in [0.4, 0.5) is 5.69 Å². The third kappa shape index (κ3) is 5.07. The number of hydrogen-bond donors (Lipinski definition) is 3. The molecular formula is C11H12N2O3S. The number of carboxylic acid groups (broad SMARTS) is 1. The maximum atomic E-state index is 10.7. The summed E-state index contributed by atoms with van der Waals surface area (Å²) in [6.07, 6.45) is -0.0174. The Morgan fingerprint density at radius 1 is 1.29 bits per heavy atom. The van der Waals surface area contributed by atoms with Gasteiger partial charge in [0.25, 0.3) is 0 Å². The molecule has 1 aromatic rings. The van der Waals surface area contributed by atoms with E-state index in [1.165, 1.54) is 6.92 Å². The summed E-state index contributed by atoms with van der Waals surface area (Å²) < 4.78 is 0. The Kier molecular flexibility index (Phi) is 4.59. The molecule has 0 spiro atoms. The van der Waals surface area contributed by atoms with E-state index in [2.05, 4.69) is 10.6 Å². The zero-order valence-electron chi connectivity index (χ0n) is 9.19. The second kappa shape index (κ2) is 5.95. The summed E-state index contributed by atoms with van der Waals surface area (Å²) >= 11 is 4.88. The van der Waals surface area contributed by atoms with Gasteiger partial charge < -0.3 is 15.7 Å². The topological polar surface area (TPSA) is 78.4 Å². The highest BCUT2D eigenvalue weighted by Gasteiger charge is 2.02. The average molecular weight is 252 g/mol. The quantitative estimate of drug-likeness (QED) is 0.703. The van der Waals surface area contributed by atoms with Crippen molar-refractivity contribution in [3.63, 3.8) is 0 Å². The molecule has 0 aliphatic rings. The van der Waals surface area contributed by atoms with Gasteiger partial charge in [0.2, 0.25) is 5.91 Å². The highest BCUT2D eigenvalue weighted by atomic mass is 32.1. The van der Waals surface area contributed by atoms with Gasteiger partial charge in [-0.15, -0.1) is 0 Å². The van der Waals surface area contributed by atoms with E-state index in [1.807, 2.05) is 0 Å². The lowest BCUT2D eigenvalue weighted by Gasteiger charge is -2.08. The van der Waals surface area contributed by atoms with Gasteiger partial charge in [-0.1, -0.05) is 12.1 Å². The zero-order chi connectivity index (χ0) is 12.8. The van der Waals surface area contributed by atoms with Gasteiger partial charge in [0.05, 0.1) is 6.42 Å². The Morgan fingerprint density at radius 3 is 2.35 bits per heavy atom. The Morgan fingerprint density at radius 2 is 1.88 bits per heavy atom. The monoisotopic (exact) mass is 252 g/mol. The van der Waals surface area contributed by atoms with Crippen LogP contribution < -0.4 is 10.6 Å². The second-order valence-corrected chi connectivity index (χ2v) is 3.81. The fourth-order valence-electron chi connectivity index (χ4n) is 1.20. The van der Waals surface area contributed by atoms with Gasteiger partial charge in [-0.3, -0.25) is 9.59 Å². The first-order valence-electron chi connectivity index (χ1n) is 4.86. The van der Waals surface area contributed by atoms with Crippen LogP contribution in [0.5, 0.6) is 0 Å². The number of carboxylic acids is 1. The van der Waals surface area contributed by atoms with Crippen molar-refractivity contribution in [3.05, 3.63) is 29.8 Å². The third-order valence-corrected chi connectivity index (χ3v) is 2.06. The van der Waals surface area contributed by atoms with Crippen LogP contribution in [0.2, 0.25) is 0 Å². The summed E-state index contributed by atoms with van der Waals surface area (Å²) in [5.74, 6) is -1.12. The van der Waals surface area contributed by atoms with Crippen molar-refractivity contribution in [2.24, 2.45) is 0 Å². The van der Waals surface area contributed by atoms with Gasteiger partial charge in [0.1, 0.15) is 0 Å². The second-order valence-electron chi connectivity index (χ2n) is 3.40. The van der Waals surface area contributed by atoms with E-state index in [0.29, 0.717) is 11.3 Å². The molecule has 1 amide bonds. The molecule has 0 unspecified atom stereocenters. The Hall–Kier alpha value is -1.95. The first-order valence-corrected chi connectivity index (χ1v) is 5.27. The highest BCUT2D eigenvalue weighted by Crippen LogP contribution is 2.09. The molecule has 0 radical (unpaired) electrons. The predicted octanol–water partition coefficient (Wildman–Crippen LogP) is 1.15. The molecule has 5 nitrogen and oxygen atoms in total. The molecule has 1 aromatic carbocycles. The molecule has 0 fully saturated rings. The summed E-state index contributed by atoms with van der Waals surface area (Å²) in [5, 5.41) is 14.0. The summed E-state index contributed by atoms with van der Waals surface area (Å²) in [6.45, 7) is 1.37. The van der Waals surface area contributed by atoms with Gasteiger partial charge in [-0.25, -0.2) is 0 Å². The highest BCUT2D eigenvalue weighted by molar-refractivity contribution is 7.80. The standard InChI is InChI=1S/C11H12N2O3S/c1-7(14)12-11(17)13-9-4-2-8(3-5-9)6-10(15)16/h2-5H,6H2,1H3,(H,15,16)(H2,12,13,14,17). The number of hydrogen-bond acceptors (Lipinski definition) is 3. The first kappa shape index (κ1) is 13.1. The average Bonchev–Trinajstić information content (AvgIpc) is 2.18. The minimum atomic E-state index is -0.875. The van der Waals surface area contributed by atoms with E-state index in [-0.39, 0.29) is 17.4 Å². The number of benzene rings is 1. The molecule has 0 aliphatic carbocycles. The molecule has 6 heteroatoms. The zero-order valence-corrected chi connectivity index (χ0v) is 10.0. The van der Waals surface area contributed by atoms with Crippen molar-refractivity contribution in [3.8, 4) is 0 Å². The molecule has 3 N–H and O–H groups in total. The molecule has 0 aromatic heterocycles. The molecule has 90 valence electrons. The van der Waals surface area contributed by atoms with Crippen molar-refractivity contribution in [2.75, 3.05) is 5.32 Å². The lowest BCUT2D eigenvalue weighted by atomic mass is 10.1. The summed E-state index contributed by atoms with van der Waals surface area (Å²) in [5.41, 5.74) is 1.39. The van der Waals surface area contributed by atoms with Gasteiger partial charge in [0.15, 0.2) is 5.11 Å². The van der Waals surface area contributed by atoms with Gasteiger partial charge in [-0.05, 0) is 29.9 Å². The summed E-state index contributed by atoms with van der Waals surface area (Å²) in [6, 6.07) is 6.78. The maximum absolute atomic E-state index is 10.7. The van der Waals surface area contributed by atoms with Crippen molar-refractivity contribution in [1.29, 1.82) is 0 Å². The van der Waals surface area contributed by atoms with E-state index in [1.54, 1.807) is 24.3 Å². The van der Waals surface area contributed by atoms with Crippen LogP contribution in [0.15, 0.2) is 24.3 Å². The fourth-order valence-corrected chi connectivity index (χ4v) is 1.46. The van der Waals surface area contributed by atoms with Crippen molar-refractivity contribution in [2.45, 2.75) is 13.3 Å². The van der Waals surface area contributed by atoms with Crippen molar-refractivity contribution >= 4 is 34.9 Å². The number of aliphatic carboxylic acids is 1. The SMILES string of the molecule is CC(=O)NC(=S)Nc1ccc(CC(=O)O)cc1. The molecule has 17 heavy (non-hydrogen) atoms. The van der Waals surface area contributed by atoms with Crippen LogP contribution in [0.3, 0.4) is 0 Å². The summed E-state index contributed by atoms with van der Waals surface area (Å²) in [4.78, 5) is 21.2. The number of thiocarbonyl (C=S) groups is 1. The first-order chi connectivity index (χ1) is 7.97. The molecule has 0 bridgehead atoms. The number of carbonyl (C=O) groups excluding carboxylic acids is 1. The van der Waals surface area contributed by atoms with E-state index < -0.39 is 5.97 Å². The molecule has 0 heterocycles. The van der Waals surface area contributed by atoms with Crippen molar-refractivity contribution in [1.82, 2.24) is 5.32 Å². The molecule has 0 aliphatic heterocycles. The minimum Gasteiger partial charge on any atom is -0.481 e. The number of anilines is 1. The normalized spacial score (nSPS) is 9.47. The Labute approximate surface area is 104 Å². The third-order valence-electron chi connectivity index (χ3n) is 1.86. The van der Waals surface area contributed by atoms with Crippen LogP contribution in [0.25, 0.3) is 0 Å².